The van der Waals surface area contributed by atoms with Gasteiger partial charge < -0.3 is 10.3 Å². The molecule has 0 aliphatic carbocycles. The number of nitrogens with one attached hydrogen (secondary N) is 2. The van der Waals surface area contributed by atoms with E-state index in [9.17, 15) is 13.2 Å². The summed E-state index contributed by atoms with van der Waals surface area (Å²) in [5.41, 5.74) is 5.04. The fraction of sp³-hybridized carbons (Fsp3) is 0.0800. The van der Waals surface area contributed by atoms with Crippen LogP contribution < -0.4 is 5.32 Å². The van der Waals surface area contributed by atoms with Crippen molar-refractivity contribution in [2.75, 3.05) is 5.32 Å². The van der Waals surface area contributed by atoms with Crippen molar-refractivity contribution in [2.24, 2.45) is 0 Å². The lowest BCUT2D eigenvalue weighted by Gasteiger charge is -2.07. The predicted octanol–water partition coefficient (Wildman–Crippen LogP) is 7.30. The summed E-state index contributed by atoms with van der Waals surface area (Å²) < 4.78 is 39.3. The summed E-state index contributed by atoms with van der Waals surface area (Å²) in [5.74, 6) is 0.370. The maximum Gasteiger partial charge on any atom is 0.416 e. The van der Waals surface area contributed by atoms with Crippen LogP contribution in [-0.4, -0.2) is 15.0 Å². The minimum Gasteiger partial charge on any atom is -0.338 e. The smallest absolute Gasteiger partial charge is 0.338 e. The molecular formula is C25H16F3N5S. The Hall–Kier alpha value is -4.16. The average Bonchev–Trinajstić information content (AvgIpc) is 3.46. The van der Waals surface area contributed by atoms with Gasteiger partial charge in [-0.25, -0.2) is 9.97 Å². The second kappa shape index (κ2) is 8.32. The van der Waals surface area contributed by atoms with Crippen molar-refractivity contribution in [2.45, 2.75) is 13.1 Å². The van der Waals surface area contributed by atoms with Crippen molar-refractivity contribution in [3.63, 3.8) is 0 Å². The highest BCUT2D eigenvalue weighted by Crippen LogP contribution is 2.33. The fourth-order valence-electron chi connectivity index (χ4n) is 3.57. The number of aryl methyl sites for hydroxylation is 1. The van der Waals surface area contributed by atoms with E-state index in [-0.39, 0.29) is 0 Å². The second-order valence-electron chi connectivity index (χ2n) is 7.70. The van der Waals surface area contributed by atoms with E-state index in [1.165, 1.54) is 17.4 Å². The topological polar surface area (TPSA) is 77.4 Å². The van der Waals surface area contributed by atoms with Crippen molar-refractivity contribution in [3.8, 4) is 28.7 Å². The molecule has 0 aliphatic rings. The molecule has 0 aliphatic heterocycles. The Labute approximate surface area is 196 Å². The number of nitriles is 1. The molecule has 3 aromatic carbocycles. The van der Waals surface area contributed by atoms with Gasteiger partial charge in [0.2, 0.25) is 0 Å². The van der Waals surface area contributed by atoms with Gasteiger partial charge in [0.1, 0.15) is 5.82 Å². The van der Waals surface area contributed by atoms with Crippen molar-refractivity contribution < 1.29 is 13.2 Å². The first-order valence-corrected chi connectivity index (χ1v) is 11.1. The Bertz CT molecular complexity index is 1540. The van der Waals surface area contributed by atoms with Gasteiger partial charge in [-0.3, -0.25) is 0 Å². The van der Waals surface area contributed by atoms with Crippen LogP contribution in [0.5, 0.6) is 0 Å². The number of halogens is 3. The first-order valence-electron chi connectivity index (χ1n) is 10.2. The molecular weight excluding hydrogens is 459 g/mol. The third-order valence-electron chi connectivity index (χ3n) is 5.35. The first kappa shape index (κ1) is 21.7. The minimum atomic E-state index is -4.42. The molecule has 2 N–H and O–H groups in total. The number of hydrogen-bond acceptors (Lipinski definition) is 5. The molecule has 0 saturated carbocycles. The third-order valence-corrected chi connectivity index (χ3v) is 6.10. The number of nitrogens with zero attached hydrogens (tertiary/aromatic N) is 3. The normalized spacial score (nSPS) is 11.5. The summed E-state index contributed by atoms with van der Waals surface area (Å²) in [6.45, 7) is 1.93. The highest BCUT2D eigenvalue weighted by molar-refractivity contribution is 7.14. The molecule has 0 bridgehead atoms. The Balaban J connectivity index is 1.43. The van der Waals surface area contributed by atoms with Crippen LogP contribution in [0.25, 0.3) is 33.7 Å². The van der Waals surface area contributed by atoms with E-state index < -0.39 is 11.7 Å². The van der Waals surface area contributed by atoms with Gasteiger partial charge in [-0.2, -0.15) is 18.4 Å². The lowest BCUT2D eigenvalue weighted by atomic mass is 10.1. The molecule has 2 heterocycles. The standard InChI is InChI=1S/C25H16F3N5S/c1-14-9-20-21(31-23(30-20)17-3-2-4-18(10-17)25(26,27)28)11-19(14)32-24-33-22(13-34-24)16-7-5-15(12-29)6-8-16/h2-11,13H,1H3,(H,30,31)(H,32,33). The number of rotatable bonds is 4. The van der Waals surface area contributed by atoms with Crippen LogP contribution in [0.4, 0.5) is 24.0 Å². The fourth-order valence-corrected chi connectivity index (χ4v) is 4.30. The van der Waals surface area contributed by atoms with E-state index in [1.54, 1.807) is 18.2 Å². The number of imidazole rings is 1. The molecule has 0 unspecified atom stereocenters. The summed E-state index contributed by atoms with van der Waals surface area (Å²) in [6, 6.07) is 18.2. The van der Waals surface area contributed by atoms with Crippen LogP contribution in [-0.2, 0) is 6.18 Å². The highest BCUT2D eigenvalue weighted by Gasteiger charge is 2.30. The molecule has 168 valence electrons. The van der Waals surface area contributed by atoms with Gasteiger partial charge in [0.05, 0.1) is 33.9 Å². The zero-order valence-electron chi connectivity index (χ0n) is 17.7. The maximum absolute atomic E-state index is 13.1. The molecule has 2 aromatic heterocycles. The predicted molar refractivity (Wildman–Crippen MR) is 127 cm³/mol. The monoisotopic (exact) mass is 475 g/mol. The molecule has 0 radical (unpaired) electrons. The quantitative estimate of drug-likeness (QED) is 0.286. The summed E-state index contributed by atoms with van der Waals surface area (Å²) >= 11 is 1.45. The van der Waals surface area contributed by atoms with E-state index in [1.807, 2.05) is 36.6 Å². The average molecular weight is 475 g/mol. The van der Waals surface area contributed by atoms with Gasteiger partial charge in [-0.05, 0) is 48.9 Å². The number of anilines is 2. The number of thiazole rings is 1. The summed E-state index contributed by atoms with van der Waals surface area (Å²) in [5, 5.41) is 14.9. The first-order chi connectivity index (χ1) is 16.3. The van der Waals surface area contributed by atoms with Crippen molar-refractivity contribution in [1.82, 2.24) is 15.0 Å². The van der Waals surface area contributed by atoms with Crippen LogP contribution in [0.1, 0.15) is 16.7 Å². The van der Waals surface area contributed by atoms with Crippen molar-refractivity contribution in [1.29, 1.82) is 5.26 Å². The van der Waals surface area contributed by atoms with E-state index in [4.69, 9.17) is 5.26 Å². The minimum absolute atomic E-state index is 0.366. The van der Waals surface area contributed by atoms with Gasteiger partial charge in [-0.1, -0.05) is 24.3 Å². The Morgan fingerprint density at radius 3 is 2.53 bits per heavy atom. The van der Waals surface area contributed by atoms with Crippen LogP contribution >= 0.6 is 11.3 Å². The van der Waals surface area contributed by atoms with E-state index >= 15 is 0 Å². The number of aromatic amines is 1. The SMILES string of the molecule is Cc1cc2nc(-c3cccc(C(F)(F)F)c3)[nH]c2cc1Nc1nc(-c2ccc(C#N)cc2)cs1. The van der Waals surface area contributed by atoms with Crippen LogP contribution in [0, 0.1) is 18.3 Å². The largest absolute Gasteiger partial charge is 0.416 e. The van der Waals surface area contributed by atoms with Gasteiger partial charge in [0.25, 0.3) is 0 Å². The van der Waals surface area contributed by atoms with E-state index in [0.717, 1.165) is 34.6 Å². The molecule has 0 saturated heterocycles. The number of benzene rings is 3. The number of alkyl halides is 3. The van der Waals surface area contributed by atoms with Crippen molar-refractivity contribution in [3.05, 3.63) is 82.7 Å². The molecule has 5 nitrogen and oxygen atoms in total. The summed E-state index contributed by atoms with van der Waals surface area (Å²) in [4.78, 5) is 12.2. The van der Waals surface area contributed by atoms with Gasteiger partial charge >= 0.3 is 6.18 Å². The Kier molecular flexibility index (Phi) is 5.30. The zero-order chi connectivity index (χ0) is 23.9. The molecule has 0 spiro atoms. The van der Waals surface area contributed by atoms with Gasteiger partial charge in [0.15, 0.2) is 5.13 Å². The maximum atomic E-state index is 13.1. The van der Waals surface area contributed by atoms with Crippen LogP contribution in [0.3, 0.4) is 0 Å². The van der Waals surface area contributed by atoms with Gasteiger partial charge in [-0.15, -0.1) is 11.3 Å². The molecule has 34 heavy (non-hydrogen) atoms. The number of H-pyrrole nitrogens is 1. The molecule has 0 fully saturated rings. The van der Waals surface area contributed by atoms with E-state index in [2.05, 4.69) is 26.3 Å². The molecule has 9 heteroatoms. The second-order valence-corrected chi connectivity index (χ2v) is 8.56. The van der Waals surface area contributed by atoms with E-state index in [0.29, 0.717) is 33.1 Å². The van der Waals surface area contributed by atoms with Crippen LogP contribution in [0.15, 0.2) is 66.0 Å². The number of aromatic nitrogens is 3. The Morgan fingerprint density at radius 1 is 1.00 bits per heavy atom. The van der Waals surface area contributed by atoms with Crippen LogP contribution in [0.2, 0.25) is 0 Å². The molecule has 5 rings (SSSR count). The number of fused-ring (bicyclic) bond motifs is 1. The molecule has 5 aromatic rings. The zero-order valence-corrected chi connectivity index (χ0v) is 18.6. The summed E-state index contributed by atoms with van der Waals surface area (Å²) in [6.07, 6.45) is -4.42. The molecule has 0 amide bonds. The van der Waals surface area contributed by atoms with Crippen molar-refractivity contribution >= 4 is 33.2 Å². The Morgan fingerprint density at radius 2 is 1.79 bits per heavy atom. The number of hydrogen-bond donors (Lipinski definition) is 2. The lowest BCUT2D eigenvalue weighted by molar-refractivity contribution is -0.137. The molecule has 0 atom stereocenters. The summed E-state index contributed by atoms with van der Waals surface area (Å²) in [7, 11) is 0. The highest BCUT2D eigenvalue weighted by atomic mass is 32.1. The lowest BCUT2D eigenvalue weighted by Crippen LogP contribution is -2.04. The third kappa shape index (κ3) is 4.23. The van der Waals surface area contributed by atoms with Gasteiger partial charge in [0, 0.05) is 22.2 Å².